The van der Waals surface area contributed by atoms with Crippen molar-refractivity contribution in [3.8, 4) is 0 Å². The van der Waals surface area contributed by atoms with Gasteiger partial charge in [-0.2, -0.15) is 0 Å². The summed E-state index contributed by atoms with van der Waals surface area (Å²) in [6, 6.07) is 0. The maximum atomic E-state index is 10.9. The second kappa shape index (κ2) is 3.14. The van der Waals surface area contributed by atoms with E-state index < -0.39 is 20.2 Å². The Kier molecular flexibility index (Phi) is 2.74. The molecular formula is C4H11NO6P2. The molecule has 0 spiro atoms. The molecule has 0 aromatic heterocycles. The lowest BCUT2D eigenvalue weighted by Crippen LogP contribution is -2.38. The van der Waals surface area contributed by atoms with Crippen LogP contribution < -0.4 is 5.32 Å². The maximum Gasteiger partial charge on any atom is 0.357 e. The van der Waals surface area contributed by atoms with Gasteiger partial charge in [0.15, 0.2) is 0 Å². The van der Waals surface area contributed by atoms with Gasteiger partial charge in [-0.3, -0.25) is 14.4 Å². The molecule has 0 aromatic carbocycles. The maximum absolute atomic E-state index is 10.9. The molecule has 1 saturated heterocycles. The number of nitrogens with one attached hydrogen (secondary N) is 1. The summed E-state index contributed by atoms with van der Waals surface area (Å²) in [5, 5.41) is -0.123. The van der Waals surface area contributed by atoms with E-state index in [1.807, 2.05) is 0 Å². The first-order chi connectivity index (χ1) is 5.71. The minimum Gasteiger partial charge on any atom is -0.323 e. The largest absolute Gasteiger partial charge is 0.357 e. The molecule has 1 aliphatic heterocycles. The van der Waals surface area contributed by atoms with Crippen LogP contribution in [-0.2, 0) is 9.13 Å². The Balaban J connectivity index is 3.18. The van der Waals surface area contributed by atoms with Crippen LogP contribution in [0.3, 0.4) is 0 Å². The lowest BCUT2D eigenvalue weighted by Gasteiger charge is -2.30. The highest BCUT2D eigenvalue weighted by atomic mass is 31.2. The molecule has 9 heteroatoms. The Morgan fingerprint density at radius 1 is 1.08 bits per heavy atom. The molecule has 5 N–H and O–H groups in total. The third-order valence-corrected chi connectivity index (χ3v) is 6.33. The minimum atomic E-state index is -4.84. The summed E-state index contributed by atoms with van der Waals surface area (Å²) >= 11 is 0. The Hall–Kier alpha value is 0.260. The van der Waals surface area contributed by atoms with E-state index in [1.54, 1.807) is 0 Å². The first kappa shape index (κ1) is 11.3. The van der Waals surface area contributed by atoms with Gasteiger partial charge in [0.2, 0.25) is 5.02 Å². The van der Waals surface area contributed by atoms with E-state index in [-0.39, 0.29) is 13.0 Å². The Morgan fingerprint density at radius 3 is 1.69 bits per heavy atom. The molecule has 0 unspecified atom stereocenters. The molecule has 0 radical (unpaired) electrons. The standard InChI is InChI=1S/C4H11NO6P2/c6-12(7,8)4(13(9,10)11)2-1-3-5-4/h5H,1-3H2,(H2,6,7,8)(H2,9,10,11). The van der Waals surface area contributed by atoms with Crippen molar-refractivity contribution in [3.05, 3.63) is 0 Å². The van der Waals surface area contributed by atoms with Crippen molar-refractivity contribution < 1.29 is 28.7 Å². The average molecular weight is 231 g/mol. The highest BCUT2D eigenvalue weighted by molar-refractivity contribution is 7.72. The van der Waals surface area contributed by atoms with Crippen LogP contribution in [0.15, 0.2) is 0 Å². The van der Waals surface area contributed by atoms with E-state index in [9.17, 15) is 9.13 Å². The summed E-state index contributed by atoms with van der Waals surface area (Å²) < 4.78 is 21.9. The van der Waals surface area contributed by atoms with Crippen LogP contribution >= 0.6 is 15.2 Å². The van der Waals surface area contributed by atoms with E-state index in [0.29, 0.717) is 6.42 Å². The first-order valence-corrected chi connectivity index (χ1v) is 6.79. The lowest BCUT2D eigenvalue weighted by molar-refractivity contribution is 0.299. The highest BCUT2D eigenvalue weighted by Crippen LogP contribution is 2.70. The zero-order valence-corrected chi connectivity index (χ0v) is 8.41. The molecule has 1 rings (SSSR count). The predicted molar refractivity (Wildman–Crippen MR) is 44.1 cm³/mol. The van der Waals surface area contributed by atoms with Crippen molar-refractivity contribution in [2.45, 2.75) is 17.9 Å². The fraction of sp³-hybridized carbons (Fsp3) is 1.00. The first-order valence-electron chi connectivity index (χ1n) is 3.57. The van der Waals surface area contributed by atoms with Crippen LogP contribution in [0.5, 0.6) is 0 Å². The Labute approximate surface area is 74.5 Å². The van der Waals surface area contributed by atoms with E-state index in [2.05, 4.69) is 5.32 Å². The van der Waals surface area contributed by atoms with Crippen LogP contribution in [0, 0.1) is 0 Å². The molecule has 7 nitrogen and oxygen atoms in total. The molecule has 1 aliphatic rings. The zero-order valence-electron chi connectivity index (χ0n) is 6.62. The van der Waals surface area contributed by atoms with Gasteiger partial charge in [-0.25, -0.2) is 0 Å². The Morgan fingerprint density at radius 2 is 1.54 bits per heavy atom. The predicted octanol–water partition coefficient (Wildman–Crippen LogP) is -0.621. The molecule has 78 valence electrons. The molecule has 0 bridgehead atoms. The molecule has 13 heavy (non-hydrogen) atoms. The normalized spacial score (nSPS) is 23.4. The van der Waals surface area contributed by atoms with Crippen LogP contribution in [0.4, 0.5) is 0 Å². The minimum absolute atomic E-state index is 0.205. The van der Waals surface area contributed by atoms with Gasteiger partial charge in [0, 0.05) is 0 Å². The van der Waals surface area contributed by atoms with Gasteiger partial charge in [0.25, 0.3) is 0 Å². The summed E-state index contributed by atoms with van der Waals surface area (Å²) in [5.41, 5.74) is 0. The fourth-order valence-corrected chi connectivity index (χ4v) is 4.27. The highest BCUT2D eigenvalue weighted by Gasteiger charge is 2.61. The van der Waals surface area contributed by atoms with Gasteiger partial charge in [-0.05, 0) is 19.4 Å². The van der Waals surface area contributed by atoms with E-state index in [4.69, 9.17) is 19.6 Å². The fourth-order valence-electron chi connectivity index (χ4n) is 1.38. The van der Waals surface area contributed by atoms with Gasteiger partial charge in [0.1, 0.15) is 0 Å². The quantitative estimate of drug-likeness (QED) is 0.400. The summed E-state index contributed by atoms with van der Waals surface area (Å²) in [5.74, 6) is 0. The summed E-state index contributed by atoms with van der Waals surface area (Å²) in [4.78, 5) is 35.4. The molecule has 0 saturated carbocycles. The second-order valence-corrected chi connectivity index (χ2v) is 6.99. The summed E-state index contributed by atoms with van der Waals surface area (Å²) in [6.45, 7) is 0.205. The summed E-state index contributed by atoms with van der Waals surface area (Å²) in [7, 11) is -9.68. The van der Waals surface area contributed by atoms with E-state index >= 15 is 0 Å². The molecular weight excluding hydrogens is 220 g/mol. The summed E-state index contributed by atoms with van der Waals surface area (Å²) in [6.07, 6.45) is 0.137. The number of rotatable bonds is 2. The third kappa shape index (κ3) is 1.74. The van der Waals surface area contributed by atoms with E-state index in [1.165, 1.54) is 0 Å². The van der Waals surface area contributed by atoms with Crippen LogP contribution in [-0.4, -0.2) is 31.1 Å². The molecule has 0 amide bonds. The van der Waals surface area contributed by atoms with Gasteiger partial charge < -0.3 is 19.6 Å². The molecule has 1 heterocycles. The molecule has 0 aromatic rings. The van der Waals surface area contributed by atoms with Crippen molar-refractivity contribution >= 4 is 15.2 Å². The molecule has 1 fully saturated rings. The van der Waals surface area contributed by atoms with Crippen LogP contribution in [0.25, 0.3) is 0 Å². The average Bonchev–Trinajstić information content (AvgIpc) is 2.28. The zero-order chi connectivity index (χ0) is 10.3. The van der Waals surface area contributed by atoms with Crippen molar-refractivity contribution in [3.63, 3.8) is 0 Å². The van der Waals surface area contributed by atoms with Crippen molar-refractivity contribution in [1.82, 2.24) is 5.32 Å². The number of hydrogen-bond donors (Lipinski definition) is 5. The van der Waals surface area contributed by atoms with Crippen LogP contribution in [0.1, 0.15) is 12.8 Å². The lowest BCUT2D eigenvalue weighted by atomic mass is 10.4. The smallest absolute Gasteiger partial charge is 0.323 e. The third-order valence-electron chi connectivity index (χ3n) is 2.07. The monoisotopic (exact) mass is 231 g/mol. The molecule has 0 atom stereocenters. The molecule has 0 aliphatic carbocycles. The SMILES string of the molecule is O=P(O)(O)C1(P(=O)(O)O)CCCN1. The van der Waals surface area contributed by atoms with Crippen molar-refractivity contribution in [2.75, 3.05) is 6.54 Å². The second-order valence-electron chi connectivity index (χ2n) is 2.93. The van der Waals surface area contributed by atoms with Gasteiger partial charge in [0.05, 0.1) is 0 Å². The Bertz CT molecular complexity index is 261. The van der Waals surface area contributed by atoms with Crippen LogP contribution in [0.2, 0.25) is 0 Å². The topological polar surface area (TPSA) is 127 Å². The van der Waals surface area contributed by atoms with Crippen molar-refractivity contribution in [1.29, 1.82) is 0 Å². The van der Waals surface area contributed by atoms with E-state index in [0.717, 1.165) is 0 Å². The van der Waals surface area contributed by atoms with Crippen molar-refractivity contribution in [2.24, 2.45) is 0 Å². The van der Waals surface area contributed by atoms with Gasteiger partial charge in [-0.1, -0.05) is 0 Å². The number of hydrogen-bond acceptors (Lipinski definition) is 3. The van der Waals surface area contributed by atoms with Gasteiger partial charge >= 0.3 is 15.2 Å². The van der Waals surface area contributed by atoms with Gasteiger partial charge in [-0.15, -0.1) is 0 Å².